The first-order chi connectivity index (χ1) is 12.6. The molecule has 0 radical (unpaired) electrons. The van der Waals surface area contributed by atoms with Crippen LogP contribution in [0.2, 0.25) is 0 Å². The van der Waals surface area contributed by atoms with Gasteiger partial charge in [0.1, 0.15) is 5.56 Å². The highest BCUT2D eigenvalue weighted by Gasteiger charge is 2.23. The SMILES string of the molecule is CCCNC(=O)c1c(-c2ccccc2)c(-c2ccccc2)nn(C)c1=O. The lowest BCUT2D eigenvalue weighted by atomic mass is 9.95. The van der Waals surface area contributed by atoms with Crippen molar-refractivity contribution < 1.29 is 4.79 Å². The second-order valence-corrected chi connectivity index (χ2v) is 6.02. The minimum atomic E-state index is -0.405. The maximum absolute atomic E-state index is 12.8. The lowest BCUT2D eigenvalue weighted by Crippen LogP contribution is -2.35. The van der Waals surface area contributed by atoms with E-state index in [1.807, 2.05) is 67.6 Å². The molecular formula is C21H21N3O2. The topological polar surface area (TPSA) is 64.0 Å². The van der Waals surface area contributed by atoms with Gasteiger partial charge >= 0.3 is 0 Å². The third-order valence-electron chi connectivity index (χ3n) is 4.12. The van der Waals surface area contributed by atoms with Crippen LogP contribution in [-0.2, 0) is 7.05 Å². The molecule has 5 nitrogen and oxygen atoms in total. The largest absolute Gasteiger partial charge is 0.352 e. The molecule has 0 aliphatic heterocycles. The average molecular weight is 347 g/mol. The maximum Gasteiger partial charge on any atom is 0.280 e. The Morgan fingerprint density at radius 1 is 1.00 bits per heavy atom. The standard InChI is InChI=1S/C21H21N3O2/c1-3-14-22-20(25)18-17(15-10-6-4-7-11-15)19(23-24(2)21(18)26)16-12-8-5-9-13-16/h4-13H,3,14H2,1-2H3,(H,22,25). The molecule has 0 aliphatic rings. The molecular weight excluding hydrogens is 326 g/mol. The first kappa shape index (κ1) is 17.6. The van der Waals surface area contributed by atoms with Gasteiger partial charge in [-0.3, -0.25) is 9.59 Å². The highest BCUT2D eigenvalue weighted by atomic mass is 16.2. The molecule has 0 atom stereocenters. The smallest absolute Gasteiger partial charge is 0.280 e. The zero-order chi connectivity index (χ0) is 18.5. The van der Waals surface area contributed by atoms with E-state index in [4.69, 9.17) is 0 Å². The third kappa shape index (κ3) is 3.42. The van der Waals surface area contributed by atoms with Gasteiger partial charge in [0, 0.05) is 24.7 Å². The number of benzene rings is 2. The van der Waals surface area contributed by atoms with E-state index >= 15 is 0 Å². The Labute approximate surface area is 152 Å². The monoisotopic (exact) mass is 347 g/mol. The Kier molecular flexibility index (Phi) is 5.27. The number of carbonyl (C=O) groups is 1. The van der Waals surface area contributed by atoms with Crippen LogP contribution in [0.15, 0.2) is 65.5 Å². The Morgan fingerprint density at radius 3 is 2.15 bits per heavy atom. The van der Waals surface area contributed by atoms with Crippen LogP contribution in [0, 0.1) is 0 Å². The van der Waals surface area contributed by atoms with Crippen LogP contribution in [0.4, 0.5) is 0 Å². The first-order valence-corrected chi connectivity index (χ1v) is 8.63. The van der Waals surface area contributed by atoms with E-state index in [1.165, 1.54) is 4.68 Å². The molecule has 132 valence electrons. The number of aryl methyl sites for hydroxylation is 1. The molecule has 2 aromatic carbocycles. The molecule has 1 aromatic heterocycles. The number of nitrogens with zero attached hydrogens (tertiary/aromatic N) is 2. The summed E-state index contributed by atoms with van der Waals surface area (Å²) >= 11 is 0. The number of hydrogen-bond acceptors (Lipinski definition) is 3. The molecule has 1 N–H and O–H groups in total. The second kappa shape index (κ2) is 7.78. The lowest BCUT2D eigenvalue weighted by Gasteiger charge is -2.15. The average Bonchev–Trinajstić information content (AvgIpc) is 2.69. The predicted molar refractivity (Wildman–Crippen MR) is 103 cm³/mol. The van der Waals surface area contributed by atoms with Crippen LogP contribution >= 0.6 is 0 Å². The van der Waals surface area contributed by atoms with E-state index in [-0.39, 0.29) is 11.5 Å². The highest BCUT2D eigenvalue weighted by Crippen LogP contribution is 2.31. The molecule has 0 bridgehead atoms. The van der Waals surface area contributed by atoms with Crippen molar-refractivity contribution in [2.45, 2.75) is 13.3 Å². The summed E-state index contributed by atoms with van der Waals surface area (Å²) in [5, 5.41) is 7.29. The van der Waals surface area contributed by atoms with Gasteiger partial charge in [0.25, 0.3) is 11.5 Å². The van der Waals surface area contributed by atoms with Gasteiger partial charge < -0.3 is 5.32 Å². The second-order valence-electron chi connectivity index (χ2n) is 6.02. The summed E-state index contributed by atoms with van der Waals surface area (Å²) in [6.45, 7) is 2.48. The molecule has 0 saturated carbocycles. The van der Waals surface area contributed by atoms with Crippen LogP contribution in [0.25, 0.3) is 22.4 Å². The van der Waals surface area contributed by atoms with Crippen molar-refractivity contribution in [3.05, 3.63) is 76.6 Å². The van der Waals surface area contributed by atoms with E-state index in [0.29, 0.717) is 17.8 Å². The van der Waals surface area contributed by atoms with Gasteiger partial charge in [-0.25, -0.2) is 4.68 Å². The quantitative estimate of drug-likeness (QED) is 0.770. The van der Waals surface area contributed by atoms with Crippen LogP contribution in [0.3, 0.4) is 0 Å². The lowest BCUT2D eigenvalue weighted by molar-refractivity contribution is 0.0952. The minimum absolute atomic E-state index is 0.126. The highest BCUT2D eigenvalue weighted by molar-refractivity contribution is 6.03. The Morgan fingerprint density at radius 2 is 1.58 bits per heavy atom. The van der Waals surface area contributed by atoms with Crippen molar-refractivity contribution >= 4 is 5.91 Å². The van der Waals surface area contributed by atoms with Crippen molar-refractivity contribution in [3.8, 4) is 22.4 Å². The van der Waals surface area contributed by atoms with Gasteiger partial charge in [-0.1, -0.05) is 67.6 Å². The first-order valence-electron chi connectivity index (χ1n) is 8.63. The van der Waals surface area contributed by atoms with E-state index < -0.39 is 5.56 Å². The summed E-state index contributed by atoms with van der Waals surface area (Å²) in [6, 6.07) is 19.0. The van der Waals surface area contributed by atoms with Crippen LogP contribution in [0.5, 0.6) is 0 Å². The normalized spacial score (nSPS) is 10.5. The van der Waals surface area contributed by atoms with E-state index in [0.717, 1.165) is 17.5 Å². The van der Waals surface area contributed by atoms with Crippen molar-refractivity contribution in [3.63, 3.8) is 0 Å². The molecule has 0 spiro atoms. The molecule has 1 heterocycles. The van der Waals surface area contributed by atoms with Crippen molar-refractivity contribution in [2.24, 2.45) is 7.05 Å². The van der Waals surface area contributed by atoms with Gasteiger partial charge in [0.2, 0.25) is 0 Å². The minimum Gasteiger partial charge on any atom is -0.352 e. The van der Waals surface area contributed by atoms with Crippen LogP contribution in [0.1, 0.15) is 23.7 Å². The van der Waals surface area contributed by atoms with Gasteiger partial charge in [-0.15, -0.1) is 0 Å². The molecule has 0 unspecified atom stereocenters. The van der Waals surface area contributed by atoms with Gasteiger partial charge in [-0.2, -0.15) is 5.10 Å². The summed E-state index contributed by atoms with van der Waals surface area (Å²) in [5.74, 6) is -0.370. The van der Waals surface area contributed by atoms with E-state index in [2.05, 4.69) is 10.4 Å². The number of aromatic nitrogens is 2. The molecule has 26 heavy (non-hydrogen) atoms. The van der Waals surface area contributed by atoms with E-state index in [1.54, 1.807) is 7.05 Å². The molecule has 0 aliphatic carbocycles. The van der Waals surface area contributed by atoms with Gasteiger partial charge in [0.05, 0.1) is 5.69 Å². The number of rotatable bonds is 5. The summed E-state index contributed by atoms with van der Waals surface area (Å²) in [6.07, 6.45) is 0.795. The fourth-order valence-electron chi connectivity index (χ4n) is 2.85. The Hall–Kier alpha value is -3.21. The van der Waals surface area contributed by atoms with Gasteiger partial charge in [-0.05, 0) is 12.0 Å². The number of hydrogen-bond donors (Lipinski definition) is 1. The fraction of sp³-hybridized carbons (Fsp3) is 0.190. The Balaban J connectivity index is 2.34. The molecule has 1 amide bonds. The van der Waals surface area contributed by atoms with Crippen LogP contribution in [-0.4, -0.2) is 22.2 Å². The molecule has 0 fully saturated rings. The maximum atomic E-state index is 12.8. The van der Waals surface area contributed by atoms with Gasteiger partial charge in [0.15, 0.2) is 0 Å². The van der Waals surface area contributed by atoms with Crippen molar-refractivity contribution in [1.29, 1.82) is 0 Å². The van der Waals surface area contributed by atoms with Crippen molar-refractivity contribution in [1.82, 2.24) is 15.1 Å². The zero-order valence-electron chi connectivity index (χ0n) is 14.9. The molecule has 5 heteroatoms. The predicted octanol–water partition coefficient (Wildman–Crippen LogP) is 3.25. The summed E-state index contributed by atoms with van der Waals surface area (Å²) in [5.41, 5.74) is 2.54. The molecule has 0 saturated heterocycles. The zero-order valence-corrected chi connectivity index (χ0v) is 14.9. The number of amides is 1. The fourth-order valence-corrected chi connectivity index (χ4v) is 2.85. The number of carbonyl (C=O) groups excluding carboxylic acids is 1. The summed E-state index contributed by atoms with van der Waals surface area (Å²) in [4.78, 5) is 25.6. The molecule has 3 rings (SSSR count). The third-order valence-corrected chi connectivity index (χ3v) is 4.12. The van der Waals surface area contributed by atoms with E-state index in [9.17, 15) is 9.59 Å². The van der Waals surface area contributed by atoms with Crippen molar-refractivity contribution in [2.75, 3.05) is 6.54 Å². The summed E-state index contributed by atoms with van der Waals surface area (Å²) < 4.78 is 1.23. The number of nitrogens with one attached hydrogen (secondary N) is 1. The Bertz CT molecular complexity index is 964. The summed E-state index contributed by atoms with van der Waals surface area (Å²) in [7, 11) is 1.57. The molecule has 3 aromatic rings. The van der Waals surface area contributed by atoms with Crippen LogP contribution < -0.4 is 10.9 Å².